The van der Waals surface area contributed by atoms with Crippen molar-refractivity contribution in [3.63, 3.8) is 0 Å². The molecule has 0 saturated heterocycles. The van der Waals surface area contributed by atoms with Crippen molar-refractivity contribution in [2.45, 2.75) is 27.3 Å². The van der Waals surface area contributed by atoms with E-state index >= 15 is 0 Å². The molecule has 0 spiro atoms. The zero-order valence-corrected chi connectivity index (χ0v) is 13.6. The fourth-order valence-corrected chi connectivity index (χ4v) is 3.18. The van der Waals surface area contributed by atoms with Crippen LogP contribution < -0.4 is 5.73 Å². The summed E-state index contributed by atoms with van der Waals surface area (Å²) in [5, 5.41) is 0.942. The molecule has 21 heavy (non-hydrogen) atoms. The lowest BCUT2D eigenvalue weighted by Crippen LogP contribution is -2.30. The first-order valence-electron chi connectivity index (χ1n) is 6.77. The molecule has 0 bridgehead atoms. The van der Waals surface area contributed by atoms with Crippen LogP contribution >= 0.6 is 11.3 Å². The number of methoxy groups -OCH3 is 1. The number of thiophene rings is 1. The molecule has 0 unspecified atom stereocenters. The molecule has 2 aromatic heterocycles. The van der Waals surface area contributed by atoms with Crippen molar-refractivity contribution in [2.24, 2.45) is 0 Å². The van der Waals surface area contributed by atoms with Gasteiger partial charge in [-0.2, -0.15) is 0 Å². The summed E-state index contributed by atoms with van der Waals surface area (Å²) in [6.07, 6.45) is 0. The molecular formula is C14H20N4O2S. The van der Waals surface area contributed by atoms with E-state index in [-0.39, 0.29) is 12.5 Å². The minimum Gasteiger partial charge on any atom is -0.468 e. The molecule has 2 aromatic rings. The molecule has 0 radical (unpaired) electrons. The zero-order chi connectivity index (χ0) is 15.6. The number of likely N-dealkylation sites (N-methyl/N-ethyl adjacent to an activating group) is 1. The van der Waals surface area contributed by atoms with Crippen molar-refractivity contribution in [1.82, 2.24) is 14.9 Å². The van der Waals surface area contributed by atoms with Gasteiger partial charge < -0.3 is 10.5 Å². The summed E-state index contributed by atoms with van der Waals surface area (Å²) in [7, 11) is 1.38. The summed E-state index contributed by atoms with van der Waals surface area (Å²) < 4.78 is 4.69. The lowest BCUT2D eigenvalue weighted by molar-refractivity contribution is -0.142. The van der Waals surface area contributed by atoms with Crippen LogP contribution in [0.15, 0.2) is 0 Å². The Bertz CT molecular complexity index is 669. The summed E-state index contributed by atoms with van der Waals surface area (Å²) in [4.78, 5) is 24.3. The molecule has 0 fully saturated rings. The SMILES string of the molecule is CCN(CC(=O)OC)Cc1nc(N)c2c(C)c(C)sc2n1. The topological polar surface area (TPSA) is 81.3 Å². The van der Waals surface area contributed by atoms with Gasteiger partial charge in [0.25, 0.3) is 0 Å². The van der Waals surface area contributed by atoms with E-state index in [9.17, 15) is 4.79 Å². The van der Waals surface area contributed by atoms with Crippen molar-refractivity contribution in [2.75, 3.05) is 25.9 Å². The van der Waals surface area contributed by atoms with E-state index in [1.165, 1.54) is 12.0 Å². The lowest BCUT2D eigenvalue weighted by Gasteiger charge is -2.17. The molecule has 0 aliphatic rings. The van der Waals surface area contributed by atoms with E-state index in [1.54, 1.807) is 11.3 Å². The fourth-order valence-electron chi connectivity index (χ4n) is 2.12. The fraction of sp³-hybridized carbons (Fsp3) is 0.500. The van der Waals surface area contributed by atoms with Crippen molar-refractivity contribution < 1.29 is 9.53 Å². The minimum atomic E-state index is -0.270. The van der Waals surface area contributed by atoms with Gasteiger partial charge in [-0.25, -0.2) is 9.97 Å². The highest BCUT2D eigenvalue weighted by Crippen LogP contribution is 2.31. The number of fused-ring (bicyclic) bond motifs is 1. The number of nitrogens with two attached hydrogens (primary N) is 1. The number of anilines is 1. The van der Waals surface area contributed by atoms with Crippen molar-refractivity contribution in [3.05, 3.63) is 16.3 Å². The van der Waals surface area contributed by atoms with Gasteiger partial charge in [0.1, 0.15) is 16.5 Å². The predicted octanol–water partition coefficient (Wildman–Crippen LogP) is 1.89. The van der Waals surface area contributed by atoms with Gasteiger partial charge in [-0.1, -0.05) is 6.92 Å². The Kier molecular flexibility index (Phi) is 4.74. The van der Waals surface area contributed by atoms with Crippen LogP contribution in [0.2, 0.25) is 0 Å². The largest absolute Gasteiger partial charge is 0.468 e. The summed E-state index contributed by atoms with van der Waals surface area (Å²) in [5.74, 6) is 0.867. The summed E-state index contributed by atoms with van der Waals surface area (Å²) in [5.41, 5.74) is 7.20. The standard InChI is InChI=1S/C14H20N4O2S/c1-5-18(7-11(19)20-4)6-10-16-13(15)12-8(2)9(3)21-14(12)17-10/h5-7H2,1-4H3,(H2,15,16,17). The number of ether oxygens (including phenoxy) is 1. The quantitative estimate of drug-likeness (QED) is 0.849. The molecule has 114 valence electrons. The number of nitrogens with zero attached hydrogens (tertiary/aromatic N) is 3. The Hall–Kier alpha value is -1.73. The van der Waals surface area contributed by atoms with Crippen LogP contribution in [0.25, 0.3) is 10.2 Å². The number of hydrogen-bond acceptors (Lipinski definition) is 7. The van der Waals surface area contributed by atoms with E-state index in [4.69, 9.17) is 5.73 Å². The third-order valence-electron chi connectivity index (χ3n) is 3.50. The monoisotopic (exact) mass is 308 g/mol. The second-order valence-corrected chi connectivity index (χ2v) is 6.07. The van der Waals surface area contributed by atoms with Crippen LogP contribution in [0, 0.1) is 13.8 Å². The summed E-state index contributed by atoms with van der Waals surface area (Å²) >= 11 is 1.62. The Morgan fingerprint density at radius 2 is 2.10 bits per heavy atom. The number of carbonyl (C=O) groups excluding carboxylic acids is 1. The highest BCUT2D eigenvalue weighted by molar-refractivity contribution is 7.18. The second kappa shape index (κ2) is 6.36. The third-order valence-corrected chi connectivity index (χ3v) is 4.60. The van der Waals surface area contributed by atoms with Gasteiger partial charge in [0.05, 0.1) is 25.6 Å². The Labute approximate surface area is 127 Å². The lowest BCUT2D eigenvalue weighted by atomic mass is 10.2. The number of esters is 1. The number of nitrogen functional groups attached to an aromatic ring is 1. The molecular weight excluding hydrogens is 288 g/mol. The van der Waals surface area contributed by atoms with Gasteiger partial charge >= 0.3 is 5.97 Å². The molecule has 0 amide bonds. The highest BCUT2D eigenvalue weighted by Gasteiger charge is 2.15. The zero-order valence-electron chi connectivity index (χ0n) is 12.8. The average molecular weight is 308 g/mol. The van der Waals surface area contributed by atoms with Crippen LogP contribution in [0.5, 0.6) is 0 Å². The molecule has 7 heteroatoms. The van der Waals surface area contributed by atoms with E-state index < -0.39 is 0 Å². The normalized spacial score (nSPS) is 11.3. The maximum Gasteiger partial charge on any atom is 0.319 e. The van der Waals surface area contributed by atoms with E-state index in [1.807, 2.05) is 18.7 Å². The number of aromatic nitrogens is 2. The smallest absolute Gasteiger partial charge is 0.319 e. The average Bonchev–Trinajstić information content (AvgIpc) is 2.73. The van der Waals surface area contributed by atoms with Crippen LogP contribution in [0.4, 0.5) is 5.82 Å². The molecule has 0 aromatic carbocycles. The Balaban J connectivity index is 2.28. The first kappa shape index (κ1) is 15.7. The predicted molar refractivity (Wildman–Crippen MR) is 84.3 cm³/mol. The van der Waals surface area contributed by atoms with E-state index in [0.29, 0.717) is 24.7 Å². The molecule has 0 aliphatic heterocycles. The van der Waals surface area contributed by atoms with Crippen LogP contribution in [-0.4, -0.2) is 41.0 Å². The number of hydrogen-bond donors (Lipinski definition) is 1. The van der Waals surface area contributed by atoms with Gasteiger partial charge in [0.2, 0.25) is 0 Å². The van der Waals surface area contributed by atoms with Crippen molar-refractivity contribution in [1.29, 1.82) is 0 Å². The molecule has 6 nitrogen and oxygen atoms in total. The van der Waals surface area contributed by atoms with Gasteiger partial charge in [-0.15, -0.1) is 11.3 Å². The highest BCUT2D eigenvalue weighted by atomic mass is 32.1. The third kappa shape index (κ3) is 3.30. The van der Waals surface area contributed by atoms with Gasteiger partial charge in [0.15, 0.2) is 0 Å². The maximum absolute atomic E-state index is 11.4. The molecule has 0 aliphatic carbocycles. The van der Waals surface area contributed by atoms with E-state index in [0.717, 1.165) is 15.8 Å². The second-order valence-electron chi connectivity index (χ2n) is 4.87. The molecule has 0 saturated carbocycles. The van der Waals surface area contributed by atoms with Gasteiger partial charge in [0, 0.05) is 4.88 Å². The molecule has 0 atom stereocenters. The first-order chi connectivity index (χ1) is 9.96. The number of carbonyl (C=O) groups is 1. The first-order valence-corrected chi connectivity index (χ1v) is 7.59. The number of rotatable bonds is 5. The van der Waals surface area contributed by atoms with Gasteiger partial charge in [-0.3, -0.25) is 9.69 Å². The summed E-state index contributed by atoms with van der Waals surface area (Å²) in [6, 6.07) is 0. The van der Waals surface area contributed by atoms with Crippen molar-refractivity contribution >= 4 is 33.3 Å². The Morgan fingerprint density at radius 1 is 1.38 bits per heavy atom. The molecule has 2 rings (SSSR count). The van der Waals surface area contributed by atoms with Crippen LogP contribution in [0.3, 0.4) is 0 Å². The van der Waals surface area contributed by atoms with Gasteiger partial charge in [-0.05, 0) is 26.0 Å². The van der Waals surface area contributed by atoms with E-state index in [2.05, 4.69) is 21.6 Å². The summed E-state index contributed by atoms with van der Waals surface area (Å²) in [6.45, 7) is 7.46. The Morgan fingerprint density at radius 3 is 2.71 bits per heavy atom. The number of aryl methyl sites for hydroxylation is 2. The minimum absolute atomic E-state index is 0.219. The maximum atomic E-state index is 11.4. The van der Waals surface area contributed by atoms with Crippen LogP contribution in [0.1, 0.15) is 23.2 Å². The molecule has 2 heterocycles. The molecule has 2 N–H and O–H groups in total. The van der Waals surface area contributed by atoms with Crippen LogP contribution in [-0.2, 0) is 16.1 Å². The van der Waals surface area contributed by atoms with Crippen molar-refractivity contribution in [3.8, 4) is 0 Å².